The van der Waals surface area contributed by atoms with E-state index in [4.69, 9.17) is 5.26 Å². The van der Waals surface area contributed by atoms with Crippen LogP contribution in [0.25, 0.3) is 0 Å². The standard InChI is InChI=1S/C14H18N2O/c15-10-14(17)13-6-8-16(9-7-13)11-12-4-2-1-3-5-12/h1-5,13-14,17H,6-9,11H2. The van der Waals surface area contributed by atoms with Crippen LogP contribution in [0.3, 0.4) is 0 Å². The second-order valence-corrected chi connectivity index (χ2v) is 4.67. The highest BCUT2D eigenvalue weighted by Crippen LogP contribution is 2.21. The SMILES string of the molecule is N#CC(O)C1CCN(Cc2ccccc2)CC1. The number of piperidine rings is 1. The van der Waals surface area contributed by atoms with Gasteiger partial charge in [0.2, 0.25) is 0 Å². The molecule has 0 amide bonds. The van der Waals surface area contributed by atoms with Crippen molar-refractivity contribution >= 4 is 0 Å². The van der Waals surface area contributed by atoms with Crippen LogP contribution in [0.15, 0.2) is 30.3 Å². The zero-order valence-electron chi connectivity index (χ0n) is 9.92. The van der Waals surface area contributed by atoms with Crippen molar-refractivity contribution in [2.75, 3.05) is 13.1 Å². The van der Waals surface area contributed by atoms with E-state index in [-0.39, 0.29) is 5.92 Å². The third-order valence-corrected chi connectivity index (χ3v) is 3.46. The number of nitrogens with zero attached hydrogens (tertiary/aromatic N) is 2. The van der Waals surface area contributed by atoms with Gasteiger partial charge in [0, 0.05) is 12.5 Å². The van der Waals surface area contributed by atoms with Crippen LogP contribution >= 0.6 is 0 Å². The minimum atomic E-state index is -0.783. The van der Waals surface area contributed by atoms with Crippen LogP contribution in [0.4, 0.5) is 0 Å². The quantitative estimate of drug-likeness (QED) is 0.805. The first-order valence-electron chi connectivity index (χ1n) is 6.13. The molecule has 1 heterocycles. The summed E-state index contributed by atoms with van der Waals surface area (Å²) in [6, 6.07) is 12.3. The molecule has 2 rings (SSSR count). The van der Waals surface area contributed by atoms with Crippen molar-refractivity contribution in [2.45, 2.75) is 25.5 Å². The summed E-state index contributed by atoms with van der Waals surface area (Å²) in [6.45, 7) is 2.91. The highest BCUT2D eigenvalue weighted by molar-refractivity contribution is 5.14. The molecule has 0 saturated carbocycles. The summed E-state index contributed by atoms with van der Waals surface area (Å²) in [5.74, 6) is 0.159. The zero-order valence-corrected chi connectivity index (χ0v) is 9.92. The average Bonchev–Trinajstić information content (AvgIpc) is 2.40. The molecule has 3 nitrogen and oxygen atoms in total. The van der Waals surface area contributed by atoms with Crippen molar-refractivity contribution < 1.29 is 5.11 Å². The van der Waals surface area contributed by atoms with Crippen LogP contribution < -0.4 is 0 Å². The Bertz CT molecular complexity index is 377. The number of aliphatic hydroxyl groups excluding tert-OH is 1. The summed E-state index contributed by atoms with van der Waals surface area (Å²) in [4.78, 5) is 2.38. The maximum absolute atomic E-state index is 9.48. The lowest BCUT2D eigenvalue weighted by molar-refractivity contribution is 0.0909. The van der Waals surface area contributed by atoms with Crippen molar-refractivity contribution in [2.24, 2.45) is 5.92 Å². The number of nitriles is 1. The molecule has 1 saturated heterocycles. The van der Waals surface area contributed by atoms with E-state index in [2.05, 4.69) is 29.2 Å². The van der Waals surface area contributed by atoms with Gasteiger partial charge in [0.05, 0.1) is 6.07 Å². The van der Waals surface area contributed by atoms with E-state index in [1.807, 2.05) is 12.1 Å². The first kappa shape index (κ1) is 12.1. The van der Waals surface area contributed by atoms with Gasteiger partial charge in [0.15, 0.2) is 0 Å². The van der Waals surface area contributed by atoms with Gasteiger partial charge in [-0.25, -0.2) is 0 Å². The van der Waals surface area contributed by atoms with Gasteiger partial charge in [-0.2, -0.15) is 5.26 Å². The van der Waals surface area contributed by atoms with E-state index in [1.54, 1.807) is 0 Å². The van der Waals surface area contributed by atoms with Crippen molar-refractivity contribution in [3.8, 4) is 6.07 Å². The van der Waals surface area contributed by atoms with Gasteiger partial charge < -0.3 is 5.11 Å². The van der Waals surface area contributed by atoms with Crippen LogP contribution in [-0.2, 0) is 6.54 Å². The number of aliphatic hydroxyl groups is 1. The molecule has 3 heteroatoms. The normalized spacial score (nSPS) is 19.8. The summed E-state index contributed by atoms with van der Waals surface area (Å²) in [7, 11) is 0. The summed E-state index contributed by atoms with van der Waals surface area (Å²) in [6.07, 6.45) is 1.05. The molecule has 1 atom stereocenters. The Kier molecular flexibility index (Phi) is 4.13. The van der Waals surface area contributed by atoms with Crippen molar-refractivity contribution in [3.05, 3.63) is 35.9 Å². The monoisotopic (exact) mass is 230 g/mol. The van der Waals surface area contributed by atoms with Crippen molar-refractivity contribution in [1.82, 2.24) is 4.90 Å². The van der Waals surface area contributed by atoms with Crippen LogP contribution in [0.5, 0.6) is 0 Å². The number of likely N-dealkylation sites (tertiary alicyclic amines) is 1. The minimum Gasteiger partial charge on any atom is -0.378 e. The topological polar surface area (TPSA) is 47.3 Å². The molecule has 1 fully saturated rings. The summed E-state index contributed by atoms with van der Waals surface area (Å²) in [5, 5.41) is 18.2. The molecule has 1 aromatic rings. The van der Waals surface area contributed by atoms with E-state index in [0.717, 1.165) is 32.5 Å². The fourth-order valence-corrected chi connectivity index (χ4v) is 2.37. The van der Waals surface area contributed by atoms with Gasteiger partial charge in [-0.15, -0.1) is 0 Å². The smallest absolute Gasteiger partial charge is 0.143 e. The number of rotatable bonds is 3. The van der Waals surface area contributed by atoms with Gasteiger partial charge in [0.1, 0.15) is 6.10 Å². The van der Waals surface area contributed by atoms with Gasteiger partial charge in [-0.3, -0.25) is 4.90 Å². The molecule has 1 aliphatic heterocycles. The zero-order chi connectivity index (χ0) is 12.1. The number of benzene rings is 1. The second-order valence-electron chi connectivity index (χ2n) is 4.67. The molecule has 17 heavy (non-hydrogen) atoms. The van der Waals surface area contributed by atoms with Crippen molar-refractivity contribution in [1.29, 1.82) is 5.26 Å². The first-order chi connectivity index (χ1) is 8.29. The molecule has 1 aliphatic rings. The minimum absolute atomic E-state index is 0.159. The summed E-state index contributed by atoms with van der Waals surface area (Å²) in [5.41, 5.74) is 1.33. The Labute approximate surface area is 102 Å². The van der Waals surface area contributed by atoms with E-state index in [9.17, 15) is 5.11 Å². The van der Waals surface area contributed by atoms with Crippen LogP contribution in [0, 0.1) is 17.2 Å². The van der Waals surface area contributed by atoms with Crippen LogP contribution in [0.1, 0.15) is 18.4 Å². The first-order valence-corrected chi connectivity index (χ1v) is 6.13. The van der Waals surface area contributed by atoms with Gasteiger partial charge >= 0.3 is 0 Å². The maximum atomic E-state index is 9.48. The third-order valence-electron chi connectivity index (χ3n) is 3.46. The lowest BCUT2D eigenvalue weighted by Gasteiger charge is -2.32. The van der Waals surface area contributed by atoms with E-state index >= 15 is 0 Å². The summed E-state index contributed by atoms with van der Waals surface area (Å²) < 4.78 is 0. The molecule has 0 radical (unpaired) electrons. The molecular weight excluding hydrogens is 212 g/mol. The molecule has 0 spiro atoms. The van der Waals surface area contributed by atoms with Gasteiger partial charge in [-0.1, -0.05) is 30.3 Å². The fraction of sp³-hybridized carbons (Fsp3) is 0.500. The lowest BCUT2D eigenvalue weighted by Crippen LogP contribution is -2.36. The Morgan fingerprint density at radius 1 is 1.29 bits per heavy atom. The highest BCUT2D eigenvalue weighted by atomic mass is 16.3. The molecule has 90 valence electrons. The summed E-state index contributed by atoms with van der Waals surface area (Å²) >= 11 is 0. The van der Waals surface area contributed by atoms with Crippen molar-refractivity contribution in [3.63, 3.8) is 0 Å². The average molecular weight is 230 g/mol. The van der Waals surface area contributed by atoms with Gasteiger partial charge in [0.25, 0.3) is 0 Å². The molecule has 1 N–H and O–H groups in total. The third kappa shape index (κ3) is 3.29. The molecule has 0 aliphatic carbocycles. The predicted molar refractivity (Wildman–Crippen MR) is 66.1 cm³/mol. The Morgan fingerprint density at radius 3 is 2.53 bits per heavy atom. The second kappa shape index (κ2) is 5.81. The Morgan fingerprint density at radius 2 is 1.94 bits per heavy atom. The Balaban J connectivity index is 1.82. The number of hydrogen-bond donors (Lipinski definition) is 1. The molecular formula is C14H18N2O. The molecule has 1 unspecified atom stereocenters. The molecule has 0 bridgehead atoms. The fourth-order valence-electron chi connectivity index (χ4n) is 2.37. The van der Waals surface area contributed by atoms with E-state index in [0.29, 0.717) is 0 Å². The molecule has 0 aromatic heterocycles. The highest BCUT2D eigenvalue weighted by Gasteiger charge is 2.24. The van der Waals surface area contributed by atoms with Crippen LogP contribution in [0.2, 0.25) is 0 Å². The van der Waals surface area contributed by atoms with Gasteiger partial charge in [-0.05, 0) is 31.5 Å². The van der Waals surface area contributed by atoms with E-state index in [1.165, 1.54) is 5.56 Å². The lowest BCUT2D eigenvalue weighted by atomic mass is 9.92. The van der Waals surface area contributed by atoms with Crippen LogP contribution in [-0.4, -0.2) is 29.2 Å². The molecule has 1 aromatic carbocycles. The predicted octanol–water partition coefficient (Wildman–Crippen LogP) is 1.78. The van der Waals surface area contributed by atoms with E-state index < -0.39 is 6.10 Å². The number of hydrogen-bond acceptors (Lipinski definition) is 3. The maximum Gasteiger partial charge on any atom is 0.143 e. The Hall–Kier alpha value is -1.37. The largest absolute Gasteiger partial charge is 0.378 e.